The van der Waals surface area contributed by atoms with Crippen LogP contribution in [-0.2, 0) is 28.8 Å². The first-order valence-electron chi connectivity index (χ1n) is 11.3. The molecule has 2 aliphatic heterocycles. The Morgan fingerprint density at radius 3 is 2.36 bits per heavy atom. The number of fused-ring (bicyclic) bond motifs is 2. The van der Waals surface area contributed by atoms with Crippen LogP contribution < -0.4 is 32.7 Å². The molecule has 0 unspecified atom stereocenters. The highest BCUT2D eigenvalue weighted by atomic mass is 35.5. The van der Waals surface area contributed by atoms with Crippen molar-refractivity contribution < 1.29 is 33.9 Å². The summed E-state index contributed by atoms with van der Waals surface area (Å²) in [5.74, 6) is -4.57. The lowest BCUT2D eigenvalue weighted by Gasteiger charge is -2.26. The first kappa shape index (κ1) is 30.4. The van der Waals surface area contributed by atoms with E-state index < -0.39 is 66.7 Å². The maximum absolute atomic E-state index is 13.1. The number of aliphatic carboxylic acids is 1. The first-order valence-corrected chi connectivity index (χ1v) is 11.3. The molecular weight excluding hydrogens is 500 g/mol. The van der Waals surface area contributed by atoms with Crippen LogP contribution in [0.25, 0.3) is 0 Å². The van der Waals surface area contributed by atoms with Crippen LogP contribution in [0.4, 0.5) is 0 Å². The summed E-state index contributed by atoms with van der Waals surface area (Å²) in [6, 6.07) is -4.05. The second-order valence-electron chi connectivity index (χ2n) is 8.30. The number of carbonyl (C=O) groups is 6. The molecule has 36 heavy (non-hydrogen) atoms. The predicted octanol–water partition coefficient (Wildman–Crippen LogP) is -3.47. The number of amides is 5. The Balaban J connectivity index is 0.00000648. The lowest BCUT2D eigenvalue weighted by atomic mass is 10.1. The van der Waals surface area contributed by atoms with Gasteiger partial charge in [-0.3, -0.25) is 33.8 Å². The lowest BCUT2D eigenvalue weighted by Crippen LogP contribution is -2.55. The smallest absolute Gasteiger partial charge is 0.305 e. The molecule has 15 nitrogen and oxygen atoms in total. The average Bonchev–Trinajstić information content (AvgIpc) is 3.21. The third kappa shape index (κ3) is 8.87. The van der Waals surface area contributed by atoms with Crippen molar-refractivity contribution in [1.29, 1.82) is 0 Å². The van der Waals surface area contributed by atoms with Crippen LogP contribution in [0.3, 0.4) is 0 Å². The number of carbonyl (C=O) groups excluding carboxylic acids is 5. The molecule has 2 heterocycles. The summed E-state index contributed by atoms with van der Waals surface area (Å²) in [4.78, 5) is 79.7. The minimum Gasteiger partial charge on any atom is -0.481 e. The molecule has 2 rings (SSSR count). The highest BCUT2D eigenvalue weighted by Crippen LogP contribution is 2.20. The van der Waals surface area contributed by atoms with Crippen LogP contribution >= 0.6 is 12.4 Å². The van der Waals surface area contributed by atoms with Crippen molar-refractivity contribution >= 4 is 53.9 Å². The minimum absolute atomic E-state index is 0. The number of aliphatic imine (C=N–C) groups is 1. The Labute approximate surface area is 213 Å². The molecule has 2 fully saturated rings. The summed E-state index contributed by atoms with van der Waals surface area (Å²) in [5.41, 5.74) is 10.6. The summed E-state index contributed by atoms with van der Waals surface area (Å²) in [6.07, 6.45) is -0.0343. The number of likely N-dealkylation sites (tertiary alicyclic amines) is 1. The number of nitrogens with zero attached hydrogens (tertiary/aromatic N) is 2. The molecule has 0 aromatic heterocycles. The van der Waals surface area contributed by atoms with E-state index in [-0.39, 0.29) is 56.6 Å². The van der Waals surface area contributed by atoms with Crippen molar-refractivity contribution in [3.63, 3.8) is 0 Å². The van der Waals surface area contributed by atoms with Crippen molar-refractivity contribution in [2.24, 2.45) is 16.5 Å². The van der Waals surface area contributed by atoms with E-state index in [0.29, 0.717) is 6.42 Å². The van der Waals surface area contributed by atoms with E-state index in [0.717, 1.165) is 0 Å². The highest BCUT2D eigenvalue weighted by Gasteiger charge is 2.41. The van der Waals surface area contributed by atoms with E-state index >= 15 is 0 Å². The number of guanidine groups is 1. The Hall–Kier alpha value is -3.62. The molecule has 202 valence electrons. The Bertz CT molecular complexity index is 895. The van der Waals surface area contributed by atoms with Gasteiger partial charge in [0.15, 0.2) is 5.96 Å². The molecular formula is C20H33ClN8O7. The number of halogens is 1. The molecule has 2 saturated heterocycles. The van der Waals surface area contributed by atoms with Crippen molar-refractivity contribution in [3.05, 3.63) is 0 Å². The summed E-state index contributed by atoms with van der Waals surface area (Å²) in [5, 5.41) is 19.1. The second kappa shape index (κ2) is 14.1. The fourth-order valence-corrected chi connectivity index (χ4v) is 3.93. The number of carboxylic acid groups (broad SMARTS) is 1. The van der Waals surface area contributed by atoms with E-state index in [1.807, 2.05) is 0 Å². The van der Waals surface area contributed by atoms with Crippen LogP contribution in [0.2, 0.25) is 0 Å². The van der Waals surface area contributed by atoms with Gasteiger partial charge in [0, 0.05) is 25.6 Å². The zero-order valence-electron chi connectivity index (χ0n) is 19.8. The fraction of sp³-hybridized carbons (Fsp3) is 0.650. The largest absolute Gasteiger partial charge is 0.481 e. The van der Waals surface area contributed by atoms with Crippen LogP contribution in [-0.4, -0.2) is 95.3 Å². The Morgan fingerprint density at radius 1 is 1.06 bits per heavy atom. The van der Waals surface area contributed by atoms with Crippen molar-refractivity contribution in [1.82, 2.24) is 26.2 Å². The number of nitrogens with two attached hydrogens (primary N) is 2. The monoisotopic (exact) mass is 532 g/mol. The number of carboxylic acids is 1. The molecule has 0 aromatic carbocycles. The summed E-state index contributed by atoms with van der Waals surface area (Å²) in [6.45, 7) is 1.31. The third-order valence-electron chi connectivity index (χ3n) is 5.60. The molecule has 9 N–H and O–H groups in total. The van der Waals surface area contributed by atoms with E-state index in [9.17, 15) is 28.8 Å². The molecule has 4 atom stereocenters. The predicted molar refractivity (Wildman–Crippen MR) is 129 cm³/mol. The maximum Gasteiger partial charge on any atom is 0.305 e. The molecule has 0 spiro atoms. The van der Waals surface area contributed by atoms with E-state index in [1.165, 1.54) is 4.90 Å². The standard InChI is InChI=1S/C20H32N8O7.ClH/c1-2-15(30)28-9-10-6-13(28)19(35)27-11(4-3-5-23-20(21)22)17(33)24-8-14(29)26-12(7-16(31)32)18(34)25-10;/h10-13H,2-9H2,1H3,(H,24,33)(H,25,34)(H,26,29)(H,27,35)(H,31,32)(H4,21,22,23);1H/t10-,11-,12-,13-;/m0./s1. The molecule has 0 aromatic rings. The minimum atomic E-state index is -1.40. The van der Waals surface area contributed by atoms with Gasteiger partial charge in [0.1, 0.15) is 18.1 Å². The summed E-state index contributed by atoms with van der Waals surface area (Å²) in [7, 11) is 0. The van der Waals surface area contributed by atoms with E-state index in [4.69, 9.17) is 16.6 Å². The van der Waals surface area contributed by atoms with Gasteiger partial charge in [-0.1, -0.05) is 6.92 Å². The zero-order chi connectivity index (χ0) is 26.1. The van der Waals surface area contributed by atoms with Crippen LogP contribution in [0.5, 0.6) is 0 Å². The van der Waals surface area contributed by atoms with Crippen molar-refractivity contribution in [3.8, 4) is 0 Å². The SMILES string of the molecule is CCC(=O)N1C[C@@H]2C[C@H]1C(=O)N[C@@H](CCCN=C(N)N)C(=O)NCC(=O)N[C@@H](CC(=O)O)C(=O)N2.Cl. The van der Waals surface area contributed by atoms with Gasteiger partial charge < -0.3 is 42.7 Å². The van der Waals surface area contributed by atoms with Gasteiger partial charge in [-0.2, -0.15) is 0 Å². The number of rotatable bonds is 7. The topological polar surface area (TPSA) is 238 Å². The van der Waals surface area contributed by atoms with Gasteiger partial charge in [0.25, 0.3) is 0 Å². The molecule has 0 aliphatic carbocycles. The van der Waals surface area contributed by atoms with Gasteiger partial charge in [0.05, 0.1) is 13.0 Å². The first-order chi connectivity index (χ1) is 16.5. The second-order valence-corrected chi connectivity index (χ2v) is 8.30. The Morgan fingerprint density at radius 2 is 1.75 bits per heavy atom. The molecule has 16 heteroatoms. The van der Waals surface area contributed by atoms with Gasteiger partial charge in [-0.05, 0) is 19.3 Å². The van der Waals surface area contributed by atoms with Gasteiger partial charge in [0.2, 0.25) is 29.5 Å². The number of hydrogen-bond acceptors (Lipinski definition) is 7. The van der Waals surface area contributed by atoms with Crippen molar-refractivity contribution in [2.45, 2.75) is 63.2 Å². The van der Waals surface area contributed by atoms with Crippen LogP contribution in [0.15, 0.2) is 4.99 Å². The molecule has 5 amide bonds. The Kier molecular flexibility index (Phi) is 11.9. The average molecular weight is 533 g/mol. The zero-order valence-corrected chi connectivity index (χ0v) is 20.6. The molecule has 2 bridgehead atoms. The number of nitrogens with one attached hydrogen (secondary N) is 4. The van der Waals surface area contributed by atoms with E-state index in [1.54, 1.807) is 6.92 Å². The highest BCUT2D eigenvalue weighted by molar-refractivity contribution is 5.96. The van der Waals surface area contributed by atoms with Gasteiger partial charge in [-0.15, -0.1) is 12.4 Å². The third-order valence-corrected chi connectivity index (χ3v) is 5.60. The van der Waals surface area contributed by atoms with Gasteiger partial charge >= 0.3 is 5.97 Å². The summed E-state index contributed by atoms with van der Waals surface area (Å²) < 4.78 is 0. The maximum atomic E-state index is 13.1. The van der Waals surface area contributed by atoms with Crippen LogP contribution in [0, 0.1) is 0 Å². The number of hydrogen-bond donors (Lipinski definition) is 7. The summed E-state index contributed by atoms with van der Waals surface area (Å²) >= 11 is 0. The lowest BCUT2D eigenvalue weighted by molar-refractivity contribution is -0.141. The molecule has 0 radical (unpaired) electrons. The quantitative estimate of drug-likeness (QED) is 0.0977. The van der Waals surface area contributed by atoms with E-state index in [2.05, 4.69) is 26.3 Å². The van der Waals surface area contributed by atoms with Gasteiger partial charge in [-0.25, -0.2) is 0 Å². The normalized spacial score (nSPS) is 24.8. The molecule has 2 aliphatic rings. The van der Waals surface area contributed by atoms with Crippen LogP contribution in [0.1, 0.15) is 39.0 Å². The fourth-order valence-electron chi connectivity index (χ4n) is 3.93. The molecule has 0 saturated carbocycles. The van der Waals surface area contributed by atoms with Crippen molar-refractivity contribution in [2.75, 3.05) is 19.6 Å².